The number of rotatable bonds is 7. The van der Waals surface area contributed by atoms with Gasteiger partial charge in [-0.25, -0.2) is 4.98 Å². The van der Waals surface area contributed by atoms with Gasteiger partial charge in [0.25, 0.3) is 0 Å². The fraction of sp³-hybridized carbons (Fsp3) is 0.429. The molecule has 0 amide bonds. The van der Waals surface area contributed by atoms with Crippen LogP contribution in [0.5, 0.6) is 0 Å². The second-order valence-electron chi connectivity index (χ2n) is 4.51. The van der Waals surface area contributed by atoms with Crippen LogP contribution in [0.25, 0.3) is 0 Å². The van der Waals surface area contributed by atoms with Gasteiger partial charge >= 0.3 is 0 Å². The summed E-state index contributed by atoms with van der Waals surface area (Å²) >= 11 is 0. The number of hydrogen-bond donors (Lipinski definition) is 2. The highest BCUT2D eigenvalue weighted by Gasteiger charge is 2.18. The lowest BCUT2D eigenvalue weighted by atomic mass is 10.2. The van der Waals surface area contributed by atoms with Crippen LogP contribution in [-0.4, -0.2) is 37.6 Å². The predicted octanol–water partition coefficient (Wildman–Crippen LogP) is 1.58. The van der Waals surface area contributed by atoms with E-state index >= 15 is 0 Å². The maximum Gasteiger partial charge on any atom is 0.120 e. The van der Waals surface area contributed by atoms with E-state index in [0.717, 1.165) is 17.9 Å². The second kappa shape index (κ2) is 7.01. The highest BCUT2D eigenvalue weighted by molar-refractivity contribution is 5.04. The van der Waals surface area contributed by atoms with Crippen LogP contribution in [0, 0.1) is 0 Å². The molecule has 19 heavy (non-hydrogen) atoms. The number of aliphatic hydroxyl groups excluding tert-OH is 1. The van der Waals surface area contributed by atoms with Crippen molar-refractivity contribution in [1.82, 2.24) is 19.9 Å². The van der Waals surface area contributed by atoms with Gasteiger partial charge in [0.15, 0.2) is 0 Å². The first-order valence-electron chi connectivity index (χ1n) is 6.56. The van der Waals surface area contributed by atoms with Gasteiger partial charge in [0.2, 0.25) is 0 Å². The molecule has 0 aliphatic carbocycles. The lowest BCUT2D eigenvalue weighted by Crippen LogP contribution is -2.37. The van der Waals surface area contributed by atoms with Crippen LogP contribution in [0.1, 0.15) is 24.9 Å². The molecule has 102 valence electrons. The fourth-order valence-corrected chi connectivity index (χ4v) is 2.09. The average Bonchev–Trinajstić information content (AvgIpc) is 2.94. The first-order chi connectivity index (χ1) is 9.33. The molecule has 0 aromatic carbocycles. The topological polar surface area (TPSA) is 65.0 Å². The van der Waals surface area contributed by atoms with Crippen LogP contribution in [0.4, 0.5) is 0 Å². The van der Waals surface area contributed by atoms with E-state index in [1.165, 1.54) is 0 Å². The third kappa shape index (κ3) is 3.87. The molecule has 0 saturated heterocycles. The second-order valence-corrected chi connectivity index (χ2v) is 4.51. The summed E-state index contributed by atoms with van der Waals surface area (Å²) in [6, 6.07) is 6.00. The van der Waals surface area contributed by atoms with Gasteiger partial charge in [-0.3, -0.25) is 9.88 Å². The number of pyridine rings is 1. The lowest BCUT2D eigenvalue weighted by Gasteiger charge is -2.28. The van der Waals surface area contributed by atoms with Gasteiger partial charge in [-0.2, -0.15) is 0 Å². The zero-order valence-electron chi connectivity index (χ0n) is 11.2. The molecule has 2 heterocycles. The molecule has 0 radical (unpaired) electrons. The highest BCUT2D eigenvalue weighted by atomic mass is 16.3. The minimum atomic E-state index is 0.118. The maximum atomic E-state index is 9.51. The van der Waals surface area contributed by atoms with E-state index in [1.807, 2.05) is 24.4 Å². The van der Waals surface area contributed by atoms with E-state index in [-0.39, 0.29) is 12.6 Å². The molecule has 2 rings (SSSR count). The van der Waals surface area contributed by atoms with Gasteiger partial charge < -0.3 is 10.1 Å². The van der Waals surface area contributed by atoms with Crippen molar-refractivity contribution in [2.75, 3.05) is 6.61 Å². The van der Waals surface area contributed by atoms with Gasteiger partial charge in [0.1, 0.15) is 5.82 Å². The summed E-state index contributed by atoms with van der Waals surface area (Å²) in [7, 11) is 0. The molecular formula is C14H20N4O. The van der Waals surface area contributed by atoms with Crippen molar-refractivity contribution < 1.29 is 5.11 Å². The summed E-state index contributed by atoms with van der Waals surface area (Å²) < 4.78 is 0. The Morgan fingerprint density at radius 1 is 1.26 bits per heavy atom. The molecule has 0 saturated carbocycles. The number of nitrogens with zero attached hydrogens (tertiary/aromatic N) is 3. The minimum absolute atomic E-state index is 0.118. The number of nitrogens with one attached hydrogen (secondary N) is 1. The summed E-state index contributed by atoms with van der Waals surface area (Å²) in [4.78, 5) is 13.9. The molecule has 5 heteroatoms. The van der Waals surface area contributed by atoms with Gasteiger partial charge in [0.05, 0.1) is 18.8 Å². The number of aromatic nitrogens is 3. The predicted molar refractivity (Wildman–Crippen MR) is 73.2 cm³/mol. The van der Waals surface area contributed by atoms with Crippen LogP contribution >= 0.6 is 0 Å². The third-order valence-electron chi connectivity index (χ3n) is 3.20. The van der Waals surface area contributed by atoms with Crippen molar-refractivity contribution in [3.63, 3.8) is 0 Å². The monoisotopic (exact) mass is 260 g/mol. The Kier molecular flexibility index (Phi) is 5.06. The molecule has 0 aliphatic rings. The SMILES string of the molecule is CC[C@@H](CO)N(Cc1ccccn1)Cc1ncc[nH]1. The van der Waals surface area contributed by atoms with E-state index in [2.05, 4.69) is 26.8 Å². The Hall–Kier alpha value is -1.72. The molecule has 0 bridgehead atoms. The largest absolute Gasteiger partial charge is 0.395 e. The van der Waals surface area contributed by atoms with Crippen LogP contribution in [-0.2, 0) is 13.1 Å². The van der Waals surface area contributed by atoms with Crippen molar-refractivity contribution in [1.29, 1.82) is 0 Å². The lowest BCUT2D eigenvalue weighted by molar-refractivity contribution is 0.103. The molecular weight excluding hydrogens is 240 g/mol. The number of aliphatic hydroxyl groups is 1. The molecule has 1 atom stereocenters. The van der Waals surface area contributed by atoms with Crippen molar-refractivity contribution in [3.8, 4) is 0 Å². The van der Waals surface area contributed by atoms with Crippen molar-refractivity contribution in [3.05, 3.63) is 48.3 Å². The quantitative estimate of drug-likeness (QED) is 0.793. The number of hydrogen-bond acceptors (Lipinski definition) is 4. The Morgan fingerprint density at radius 3 is 2.74 bits per heavy atom. The van der Waals surface area contributed by atoms with Crippen molar-refractivity contribution in [2.24, 2.45) is 0 Å². The number of imidazole rings is 1. The molecule has 2 aromatic rings. The first-order valence-corrected chi connectivity index (χ1v) is 6.56. The molecule has 2 N–H and O–H groups in total. The Labute approximate surface area is 113 Å². The molecule has 0 unspecified atom stereocenters. The van der Waals surface area contributed by atoms with Gasteiger partial charge in [-0.1, -0.05) is 13.0 Å². The van der Waals surface area contributed by atoms with Crippen LogP contribution in [0.15, 0.2) is 36.8 Å². The van der Waals surface area contributed by atoms with Gasteiger partial charge in [-0.05, 0) is 18.6 Å². The average molecular weight is 260 g/mol. The smallest absolute Gasteiger partial charge is 0.120 e. The Balaban J connectivity index is 2.09. The van der Waals surface area contributed by atoms with E-state index in [4.69, 9.17) is 0 Å². The van der Waals surface area contributed by atoms with Gasteiger partial charge in [-0.15, -0.1) is 0 Å². The van der Waals surface area contributed by atoms with Crippen LogP contribution in [0.3, 0.4) is 0 Å². The van der Waals surface area contributed by atoms with E-state index in [0.29, 0.717) is 13.1 Å². The van der Waals surface area contributed by atoms with Crippen LogP contribution < -0.4 is 0 Å². The summed E-state index contributed by atoms with van der Waals surface area (Å²) in [6.07, 6.45) is 6.24. The van der Waals surface area contributed by atoms with Crippen molar-refractivity contribution >= 4 is 0 Å². The van der Waals surface area contributed by atoms with Gasteiger partial charge in [0, 0.05) is 31.2 Å². The highest BCUT2D eigenvalue weighted by Crippen LogP contribution is 2.12. The zero-order chi connectivity index (χ0) is 13.5. The first kappa shape index (κ1) is 13.7. The van der Waals surface area contributed by atoms with Crippen LogP contribution in [0.2, 0.25) is 0 Å². The van der Waals surface area contributed by atoms with E-state index < -0.39 is 0 Å². The molecule has 0 fully saturated rings. The number of aromatic amines is 1. The number of H-pyrrole nitrogens is 1. The zero-order valence-corrected chi connectivity index (χ0v) is 11.2. The summed E-state index contributed by atoms with van der Waals surface area (Å²) in [5.74, 6) is 0.905. The van der Waals surface area contributed by atoms with Crippen molar-refractivity contribution in [2.45, 2.75) is 32.5 Å². The van der Waals surface area contributed by atoms with E-state index in [1.54, 1.807) is 12.4 Å². The minimum Gasteiger partial charge on any atom is -0.395 e. The molecule has 5 nitrogen and oxygen atoms in total. The standard InChI is InChI=1S/C14H20N4O/c1-2-13(11-19)18(10-14-16-7-8-17-14)9-12-5-3-4-6-15-12/h3-8,13,19H,2,9-11H2,1H3,(H,16,17)/t13-/m0/s1. The third-order valence-corrected chi connectivity index (χ3v) is 3.20. The fourth-order valence-electron chi connectivity index (χ4n) is 2.09. The molecule has 0 aliphatic heterocycles. The summed E-state index contributed by atoms with van der Waals surface area (Å²) in [6.45, 7) is 3.61. The van der Waals surface area contributed by atoms with E-state index in [9.17, 15) is 5.11 Å². The maximum absolute atomic E-state index is 9.51. The molecule has 0 spiro atoms. The summed E-state index contributed by atoms with van der Waals surface area (Å²) in [5.41, 5.74) is 1.00. The molecule has 2 aromatic heterocycles. The normalized spacial score (nSPS) is 12.8. The summed E-state index contributed by atoms with van der Waals surface area (Å²) in [5, 5.41) is 9.51. The Bertz CT molecular complexity index is 454. The Morgan fingerprint density at radius 2 is 2.16 bits per heavy atom.